The molecule has 0 aliphatic carbocycles. The third-order valence-electron chi connectivity index (χ3n) is 5.11. The molecule has 0 saturated carbocycles. The summed E-state index contributed by atoms with van der Waals surface area (Å²) in [5.74, 6) is 0.968. The zero-order valence-electron chi connectivity index (χ0n) is 15.8. The van der Waals surface area contributed by atoms with Crippen LogP contribution in [0.4, 0.5) is 5.82 Å². The number of fused-ring (bicyclic) bond motifs is 1. The molecule has 0 amide bonds. The third kappa shape index (κ3) is 2.96. The van der Waals surface area contributed by atoms with E-state index in [1.165, 1.54) is 17.1 Å². The molecule has 5 rings (SSSR count). The molecule has 6 nitrogen and oxygen atoms in total. The van der Waals surface area contributed by atoms with Gasteiger partial charge in [0, 0.05) is 17.8 Å². The summed E-state index contributed by atoms with van der Waals surface area (Å²) in [5, 5.41) is 7.43. The standard InChI is InChI=1S/C21H21N5OS/c1-13-10-17(24-23-13)19-20-21(28-25-19)16(15-6-4-3-5-7-15)11-18(22-20)26-8-9-27-12-14(26)2/h3-7,10-11,14H,8-9,12H2,1-2H3,(H,23,24)/t14-/m1/s1. The Morgan fingerprint density at radius 2 is 2.07 bits per heavy atom. The van der Waals surface area contributed by atoms with Crippen molar-refractivity contribution >= 4 is 27.6 Å². The molecule has 0 spiro atoms. The number of pyridine rings is 1. The molecule has 1 aliphatic heterocycles. The molecule has 1 saturated heterocycles. The monoisotopic (exact) mass is 391 g/mol. The first-order valence-electron chi connectivity index (χ1n) is 9.43. The topological polar surface area (TPSA) is 66.9 Å². The Morgan fingerprint density at radius 3 is 2.82 bits per heavy atom. The van der Waals surface area contributed by atoms with Gasteiger partial charge in [-0.1, -0.05) is 30.3 Å². The van der Waals surface area contributed by atoms with Crippen molar-refractivity contribution < 1.29 is 4.74 Å². The Bertz CT molecular complexity index is 1120. The van der Waals surface area contributed by atoms with Crippen LogP contribution in [0.15, 0.2) is 42.5 Å². The van der Waals surface area contributed by atoms with Gasteiger partial charge in [-0.15, -0.1) is 0 Å². The molecule has 1 N–H and O–H groups in total. The zero-order valence-corrected chi connectivity index (χ0v) is 16.7. The predicted octanol–water partition coefficient (Wildman–Crippen LogP) is 4.28. The molecule has 1 aromatic carbocycles. The highest BCUT2D eigenvalue weighted by molar-refractivity contribution is 7.14. The minimum Gasteiger partial charge on any atom is -0.377 e. The first-order valence-corrected chi connectivity index (χ1v) is 10.2. The van der Waals surface area contributed by atoms with Crippen molar-refractivity contribution in [2.45, 2.75) is 19.9 Å². The van der Waals surface area contributed by atoms with Crippen LogP contribution in [-0.2, 0) is 4.74 Å². The number of morpholine rings is 1. The largest absolute Gasteiger partial charge is 0.377 e. The number of aromatic nitrogens is 4. The summed E-state index contributed by atoms with van der Waals surface area (Å²) in [5.41, 5.74) is 5.93. The lowest BCUT2D eigenvalue weighted by Gasteiger charge is -2.34. The van der Waals surface area contributed by atoms with Crippen LogP contribution in [0, 0.1) is 6.92 Å². The molecular weight excluding hydrogens is 370 g/mol. The Balaban J connectivity index is 1.74. The second-order valence-corrected chi connectivity index (χ2v) is 7.93. The van der Waals surface area contributed by atoms with Crippen molar-refractivity contribution in [3.63, 3.8) is 0 Å². The van der Waals surface area contributed by atoms with Gasteiger partial charge in [-0.2, -0.15) is 9.47 Å². The molecule has 7 heteroatoms. The van der Waals surface area contributed by atoms with E-state index in [1.807, 2.05) is 19.1 Å². The second kappa shape index (κ2) is 7.00. The number of anilines is 1. The summed E-state index contributed by atoms with van der Waals surface area (Å²) >= 11 is 1.49. The van der Waals surface area contributed by atoms with Crippen LogP contribution in [0.1, 0.15) is 12.6 Å². The fraction of sp³-hybridized carbons (Fsp3) is 0.286. The first kappa shape index (κ1) is 17.3. The minimum atomic E-state index is 0.282. The summed E-state index contributed by atoms with van der Waals surface area (Å²) in [6.07, 6.45) is 0. The average Bonchev–Trinajstić information content (AvgIpc) is 3.34. The van der Waals surface area contributed by atoms with E-state index in [9.17, 15) is 0 Å². The number of aromatic amines is 1. The molecule has 4 heterocycles. The number of hydrogen-bond donors (Lipinski definition) is 1. The van der Waals surface area contributed by atoms with Gasteiger partial charge in [0.15, 0.2) is 0 Å². The van der Waals surface area contributed by atoms with Crippen molar-refractivity contribution in [1.29, 1.82) is 0 Å². The fourth-order valence-electron chi connectivity index (χ4n) is 3.66. The van der Waals surface area contributed by atoms with E-state index in [0.29, 0.717) is 6.61 Å². The highest BCUT2D eigenvalue weighted by Crippen LogP contribution is 2.38. The lowest BCUT2D eigenvalue weighted by molar-refractivity contribution is 0.0986. The number of aryl methyl sites for hydroxylation is 1. The number of rotatable bonds is 3. The molecule has 0 bridgehead atoms. The van der Waals surface area contributed by atoms with Crippen LogP contribution in [0.3, 0.4) is 0 Å². The maximum absolute atomic E-state index is 5.62. The lowest BCUT2D eigenvalue weighted by atomic mass is 10.0. The zero-order chi connectivity index (χ0) is 19.1. The number of ether oxygens (including phenoxy) is 1. The summed E-state index contributed by atoms with van der Waals surface area (Å²) in [7, 11) is 0. The first-order chi connectivity index (χ1) is 13.7. The smallest absolute Gasteiger partial charge is 0.131 e. The van der Waals surface area contributed by atoms with Gasteiger partial charge in [0.05, 0.1) is 24.0 Å². The molecule has 0 unspecified atom stereocenters. The number of hydrogen-bond acceptors (Lipinski definition) is 6. The molecule has 1 aliphatic rings. The van der Waals surface area contributed by atoms with Crippen LogP contribution in [-0.4, -0.2) is 45.4 Å². The van der Waals surface area contributed by atoms with E-state index in [2.05, 4.69) is 52.4 Å². The maximum atomic E-state index is 5.62. The SMILES string of the molecule is Cc1cc(-c2nsc3c(-c4ccccc4)cc(N4CCOC[C@H]4C)nc23)n[nH]1. The Morgan fingerprint density at radius 1 is 1.21 bits per heavy atom. The quantitative estimate of drug-likeness (QED) is 0.565. The highest BCUT2D eigenvalue weighted by Gasteiger charge is 2.24. The van der Waals surface area contributed by atoms with Crippen molar-refractivity contribution in [3.8, 4) is 22.5 Å². The number of H-pyrrole nitrogens is 1. The van der Waals surface area contributed by atoms with Crippen molar-refractivity contribution in [2.24, 2.45) is 0 Å². The van der Waals surface area contributed by atoms with Gasteiger partial charge < -0.3 is 9.64 Å². The molecule has 1 atom stereocenters. The van der Waals surface area contributed by atoms with Crippen LogP contribution < -0.4 is 4.90 Å². The van der Waals surface area contributed by atoms with Gasteiger partial charge in [0.25, 0.3) is 0 Å². The highest BCUT2D eigenvalue weighted by atomic mass is 32.1. The fourth-order valence-corrected chi connectivity index (χ4v) is 4.53. The summed E-state index contributed by atoms with van der Waals surface area (Å²) in [4.78, 5) is 7.37. The van der Waals surface area contributed by atoms with Crippen molar-refractivity contribution in [2.75, 3.05) is 24.7 Å². The molecule has 4 aromatic rings. The van der Waals surface area contributed by atoms with Crippen LogP contribution in [0.25, 0.3) is 32.7 Å². The maximum Gasteiger partial charge on any atom is 0.131 e. The Kier molecular flexibility index (Phi) is 4.33. The van der Waals surface area contributed by atoms with Crippen LogP contribution in [0.2, 0.25) is 0 Å². The van der Waals surface area contributed by atoms with Crippen LogP contribution in [0.5, 0.6) is 0 Å². The molecule has 1 fully saturated rings. The number of nitrogens with one attached hydrogen (secondary N) is 1. The summed E-state index contributed by atoms with van der Waals surface area (Å²) in [6, 6.07) is 14.9. The summed E-state index contributed by atoms with van der Waals surface area (Å²) < 4.78 is 11.4. The van der Waals surface area contributed by atoms with Crippen LogP contribution >= 0.6 is 11.5 Å². The van der Waals surface area contributed by atoms with E-state index in [0.717, 1.165) is 51.8 Å². The Hall–Kier alpha value is -2.77. The van der Waals surface area contributed by atoms with Gasteiger partial charge in [-0.05, 0) is 43.1 Å². The van der Waals surface area contributed by atoms with E-state index in [-0.39, 0.29) is 6.04 Å². The van der Waals surface area contributed by atoms with Gasteiger partial charge in [0.1, 0.15) is 22.7 Å². The van der Waals surface area contributed by atoms with Crippen molar-refractivity contribution in [1.82, 2.24) is 19.6 Å². The number of benzene rings is 1. The molecule has 3 aromatic heterocycles. The van der Waals surface area contributed by atoms with Gasteiger partial charge in [0.2, 0.25) is 0 Å². The minimum absolute atomic E-state index is 0.282. The average molecular weight is 392 g/mol. The van der Waals surface area contributed by atoms with E-state index in [1.54, 1.807) is 0 Å². The second-order valence-electron chi connectivity index (χ2n) is 7.16. The van der Waals surface area contributed by atoms with Crippen molar-refractivity contribution in [3.05, 3.63) is 48.2 Å². The van der Waals surface area contributed by atoms with Gasteiger partial charge in [-0.25, -0.2) is 4.98 Å². The lowest BCUT2D eigenvalue weighted by Crippen LogP contribution is -2.44. The Labute approximate surface area is 167 Å². The normalized spacial score (nSPS) is 17.4. The van der Waals surface area contributed by atoms with E-state index < -0.39 is 0 Å². The predicted molar refractivity (Wildman–Crippen MR) is 113 cm³/mol. The molecular formula is C21H21N5OS. The molecule has 28 heavy (non-hydrogen) atoms. The van der Waals surface area contributed by atoms with Gasteiger partial charge in [-0.3, -0.25) is 5.10 Å². The molecule has 142 valence electrons. The third-order valence-corrected chi connectivity index (χ3v) is 5.98. The molecule has 0 radical (unpaired) electrons. The number of nitrogens with zero attached hydrogens (tertiary/aromatic N) is 4. The van der Waals surface area contributed by atoms with Gasteiger partial charge >= 0.3 is 0 Å². The summed E-state index contributed by atoms with van der Waals surface area (Å²) in [6.45, 7) is 6.44. The van der Waals surface area contributed by atoms with E-state index >= 15 is 0 Å². The van der Waals surface area contributed by atoms with E-state index in [4.69, 9.17) is 14.1 Å².